The van der Waals surface area contributed by atoms with Crippen LogP contribution in [0, 0.1) is 6.92 Å². The van der Waals surface area contributed by atoms with E-state index in [0.717, 1.165) is 17.7 Å². The quantitative estimate of drug-likeness (QED) is 0.739. The molecule has 0 fully saturated rings. The fourth-order valence-electron chi connectivity index (χ4n) is 2.32. The number of Topliss-reactive ketones (excluding diaryl/α,β-unsaturated/α-hetero) is 1. The minimum absolute atomic E-state index is 0.153. The first kappa shape index (κ1) is 16.6. The lowest BCUT2D eigenvalue weighted by atomic mass is 9.87. The molecule has 0 aliphatic carbocycles. The third-order valence-electron chi connectivity index (χ3n) is 3.51. The number of carbonyl (C=O) groups is 1. The van der Waals surface area contributed by atoms with Gasteiger partial charge in [0.15, 0.2) is 0 Å². The summed E-state index contributed by atoms with van der Waals surface area (Å²) in [6.45, 7) is 3.25. The Morgan fingerprint density at radius 3 is 2.05 bits per heavy atom. The molecule has 0 saturated carbocycles. The number of rotatable bonds is 3. The summed E-state index contributed by atoms with van der Waals surface area (Å²) >= 11 is 6.08. The third kappa shape index (κ3) is 3.50. The summed E-state index contributed by atoms with van der Waals surface area (Å²) in [4.78, 5) is 12.0. The molecule has 22 heavy (non-hydrogen) atoms. The molecule has 2 aromatic carbocycles. The van der Waals surface area contributed by atoms with E-state index in [0.29, 0.717) is 16.1 Å². The highest BCUT2D eigenvalue weighted by atomic mass is 35.5. The van der Waals surface area contributed by atoms with Crippen LogP contribution < -0.4 is 0 Å². The molecule has 0 aliphatic rings. The lowest BCUT2D eigenvalue weighted by Gasteiger charge is -2.17. The predicted octanol–water partition coefficient (Wildman–Crippen LogP) is 5.39. The highest BCUT2D eigenvalue weighted by Gasteiger charge is 2.30. The Hall–Kier alpha value is -1.81. The number of hydrogen-bond acceptors (Lipinski definition) is 1. The summed E-state index contributed by atoms with van der Waals surface area (Å²) in [5.41, 5.74) is 1.32. The highest BCUT2D eigenvalue weighted by molar-refractivity contribution is 6.31. The monoisotopic (exact) mass is 326 g/mol. The normalized spacial score (nSPS) is 13.0. The van der Waals surface area contributed by atoms with Crippen molar-refractivity contribution in [3.05, 3.63) is 69.7 Å². The molecule has 1 atom stereocenters. The smallest absolute Gasteiger partial charge is 0.299 e. The first-order chi connectivity index (χ1) is 10.2. The van der Waals surface area contributed by atoms with Crippen LogP contribution in [0.2, 0.25) is 5.02 Å². The lowest BCUT2D eigenvalue weighted by molar-refractivity contribution is -0.137. The first-order valence-corrected chi connectivity index (χ1v) is 7.01. The molecule has 0 radical (unpaired) electrons. The van der Waals surface area contributed by atoms with E-state index in [1.807, 2.05) is 6.92 Å². The van der Waals surface area contributed by atoms with Crippen LogP contribution in [0.4, 0.5) is 13.2 Å². The van der Waals surface area contributed by atoms with Crippen molar-refractivity contribution in [3.63, 3.8) is 0 Å². The van der Waals surface area contributed by atoms with Gasteiger partial charge in [-0.15, -0.1) is 0 Å². The molecule has 0 saturated heterocycles. The van der Waals surface area contributed by atoms with Gasteiger partial charge in [-0.25, -0.2) is 0 Å². The second-order valence-corrected chi connectivity index (χ2v) is 5.58. The number of carbonyl (C=O) groups excluding carboxylic acids is 1. The van der Waals surface area contributed by atoms with Gasteiger partial charge in [-0.3, -0.25) is 4.79 Å². The Morgan fingerprint density at radius 2 is 1.59 bits per heavy atom. The molecule has 0 heterocycles. The molecular formula is C17H14ClF3O. The van der Waals surface area contributed by atoms with Crippen molar-refractivity contribution < 1.29 is 18.0 Å². The number of aryl methyl sites for hydroxylation is 1. The van der Waals surface area contributed by atoms with Gasteiger partial charge in [0.05, 0.1) is 11.5 Å². The van der Waals surface area contributed by atoms with Gasteiger partial charge in [-0.1, -0.05) is 35.9 Å². The van der Waals surface area contributed by atoms with Crippen LogP contribution >= 0.6 is 11.6 Å². The zero-order chi connectivity index (χ0) is 16.5. The minimum Gasteiger partial charge on any atom is -0.299 e. The number of benzene rings is 2. The molecule has 0 bridgehead atoms. The van der Waals surface area contributed by atoms with Crippen LogP contribution in [0.3, 0.4) is 0 Å². The van der Waals surface area contributed by atoms with E-state index in [1.54, 1.807) is 18.2 Å². The topological polar surface area (TPSA) is 17.1 Å². The molecular weight excluding hydrogens is 313 g/mol. The molecule has 116 valence electrons. The van der Waals surface area contributed by atoms with Crippen molar-refractivity contribution in [3.8, 4) is 0 Å². The average molecular weight is 327 g/mol. The lowest BCUT2D eigenvalue weighted by Crippen LogP contribution is -2.12. The number of alkyl halides is 3. The van der Waals surface area contributed by atoms with E-state index < -0.39 is 17.7 Å². The van der Waals surface area contributed by atoms with E-state index in [4.69, 9.17) is 11.6 Å². The van der Waals surface area contributed by atoms with Gasteiger partial charge in [0.1, 0.15) is 5.78 Å². The van der Waals surface area contributed by atoms with Gasteiger partial charge >= 0.3 is 6.18 Å². The highest BCUT2D eigenvalue weighted by Crippen LogP contribution is 2.33. The van der Waals surface area contributed by atoms with E-state index in [2.05, 4.69) is 0 Å². The Labute approximate surface area is 131 Å². The van der Waals surface area contributed by atoms with Crippen molar-refractivity contribution in [2.75, 3.05) is 0 Å². The van der Waals surface area contributed by atoms with E-state index in [1.165, 1.54) is 19.1 Å². The Balaban J connectivity index is 2.44. The Bertz CT molecular complexity index is 690. The summed E-state index contributed by atoms with van der Waals surface area (Å²) in [5, 5.41) is 0.524. The first-order valence-electron chi connectivity index (χ1n) is 6.64. The van der Waals surface area contributed by atoms with Crippen molar-refractivity contribution in [1.29, 1.82) is 0 Å². The minimum atomic E-state index is -4.39. The molecule has 1 unspecified atom stereocenters. The Morgan fingerprint density at radius 1 is 1.05 bits per heavy atom. The summed E-state index contributed by atoms with van der Waals surface area (Å²) in [7, 11) is 0. The standard InChI is InChI=1S/C17H14ClF3O/c1-10-3-4-13(9-15(10)18)16(11(2)22)12-5-7-14(8-6-12)17(19,20)21/h3-9,16H,1-2H3. The van der Waals surface area contributed by atoms with Crippen LogP contribution in [0.15, 0.2) is 42.5 Å². The molecule has 0 aromatic heterocycles. The molecule has 1 nitrogen and oxygen atoms in total. The van der Waals surface area contributed by atoms with Crippen molar-refractivity contribution in [2.24, 2.45) is 0 Å². The second kappa shape index (κ2) is 6.13. The summed E-state index contributed by atoms with van der Waals surface area (Å²) < 4.78 is 37.8. The number of ketones is 1. The number of halogens is 4. The summed E-state index contributed by atoms with van der Waals surface area (Å²) in [5.74, 6) is -0.778. The van der Waals surface area contributed by atoms with E-state index in [-0.39, 0.29) is 5.78 Å². The van der Waals surface area contributed by atoms with Gasteiger partial charge in [-0.2, -0.15) is 13.2 Å². The van der Waals surface area contributed by atoms with Gasteiger partial charge in [0.25, 0.3) is 0 Å². The SMILES string of the molecule is CC(=O)C(c1ccc(C(F)(F)F)cc1)c1ccc(C)c(Cl)c1. The summed E-state index contributed by atoms with van der Waals surface area (Å²) in [6.07, 6.45) is -4.39. The van der Waals surface area contributed by atoms with E-state index in [9.17, 15) is 18.0 Å². The number of hydrogen-bond donors (Lipinski definition) is 0. The Kier molecular flexibility index (Phi) is 4.61. The molecule has 2 rings (SSSR count). The fraction of sp³-hybridized carbons (Fsp3) is 0.235. The van der Waals surface area contributed by atoms with Crippen molar-refractivity contribution in [2.45, 2.75) is 25.9 Å². The van der Waals surface area contributed by atoms with Crippen LogP contribution in [-0.2, 0) is 11.0 Å². The fourth-order valence-corrected chi connectivity index (χ4v) is 2.50. The van der Waals surface area contributed by atoms with Gasteiger partial charge in [0, 0.05) is 5.02 Å². The third-order valence-corrected chi connectivity index (χ3v) is 3.91. The van der Waals surface area contributed by atoms with Crippen LogP contribution in [0.5, 0.6) is 0 Å². The average Bonchev–Trinajstić information content (AvgIpc) is 2.42. The predicted molar refractivity (Wildman–Crippen MR) is 80.2 cm³/mol. The molecule has 5 heteroatoms. The van der Waals surface area contributed by atoms with Crippen LogP contribution in [-0.4, -0.2) is 5.78 Å². The maximum atomic E-state index is 12.6. The molecule has 0 spiro atoms. The maximum absolute atomic E-state index is 12.6. The van der Waals surface area contributed by atoms with Gasteiger partial charge < -0.3 is 0 Å². The van der Waals surface area contributed by atoms with Crippen LogP contribution in [0.25, 0.3) is 0 Å². The van der Waals surface area contributed by atoms with Crippen molar-refractivity contribution >= 4 is 17.4 Å². The maximum Gasteiger partial charge on any atom is 0.416 e. The zero-order valence-electron chi connectivity index (χ0n) is 12.0. The summed E-state index contributed by atoms with van der Waals surface area (Å²) in [6, 6.07) is 9.89. The second-order valence-electron chi connectivity index (χ2n) is 5.17. The van der Waals surface area contributed by atoms with E-state index >= 15 is 0 Å². The molecule has 0 N–H and O–H groups in total. The van der Waals surface area contributed by atoms with Gasteiger partial charge in [0.2, 0.25) is 0 Å². The zero-order valence-corrected chi connectivity index (χ0v) is 12.8. The molecule has 2 aromatic rings. The van der Waals surface area contributed by atoms with Crippen LogP contribution in [0.1, 0.15) is 35.1 Å². The molecule has 0 amide bonds. The largest absolute Gasteiger partial charge is 0.416 e. The molecule has 0 aliphatic heterocycles. The van der Waals surface area contributed by atoms with Crippen molar-refractivity contribution in [1.82, 2.24) is 0 Å². The van der Waals surface area contributed by atoms with Gasteiger partial charge in [-0.05, 0) is 48.7 Å².